The Morgan fingerprint density at radius 1 is 1.44 bits per heavy atom. The fraction of sp³-hybridized carbons (Fsp3) is 0.273. The number of ether oxygens (including phenoxy) is 1. The first-order valence-electron chi connectivity index (χ1n) is 4.49. The van der Waals surface area contributed by atoms with Gasteiger partial charge in [0.15, 0.2) is 0 Å². The van der Waals surface area contributed by atoms with E-state index >= 15 is 0 Å². The van der Waals surface area contributed by atoms with Crippen LogP contribution < -0.4 is 4.74 Å². The Balaban J connectivity index is 3.27. The van der Waals surface area contributed by atoms with Gasteiger partial charge in [-0.15, -0.1) is 0 Å². The Kier molecular flexibility index (Phi) is 4.50. The standard InChI is InChI=1S/C11H10BrClO3/c1-6-3-10(16-2)7(4-8(6)13)11(15)9(14)5-12/h3-4H,5H2,1-2H3. The van der Waals surface area contributed by atoms with E-state index in [4.69, 9.17) is 16.3 Å². The number of methoxy groups -OCH3 is 1. The molecular weight excluding hydrogens is 295 g/mol. The van der Waals surface area contributed by atoms with Crippen LogP contribution in [0.5, 0.6) is 5.75 Å². The number of ketones is 2. The van der Waals surface area contributed by atoms with Crippen molar-refractivity contribution < 1.29 is 14.3 Å². The number of aryl methyl sites for hydroxylation is 1. The quantitative estimate of drug-likeness (QED) is 0.488. The van der Waals surface area contributed by atoms with E-state index in [1.54, 1.807) is 13.0 Å². The SMILES string of the molecule is COc1cc(C)c(Cl)cc1C(=O)C(=O)CBr. The average molecular weight is 306 g/mol. The van der Waals surface area contributed by atoms with E-state index in [1.807, 2.05) is 0 Å². The zero-order chi connectivity index (χ0) is 12.3. The average Bonchev–Trinajstić information content (AvgIpc) is 2.30. The van der Waals surface area contributed by atoms with Crippen molar-refractivity contribution >= 4 is 39.1 Å². The summed E-state index contributed by atoms with van der Waals surface area (Å²) in [5.41, 5.74) is 0.990. The molecule has 1 aromatic carbocycles. The minimum Gasteiger partial charge on any atom is -0.496 e. The summed E-state index contributed by atoms with van der Waals surface area (Å²) < 4.78 is 5.05. The van der Waals surface area contributed by atoms with Crippen LogP contribution in [-0.4, -0.2) is 24.0 Å². The van der Waals surface area contributed by atoms with Gasteiger partial charge >= 0.3 is 0 Å². The lowest BCUT2D eigenvalue weighted by Gasteiger charge is -2.08. The number of hydrogen-bond acceptors (Lipinski definition) is 3. The predicted molar refractivity (Wildman–Crippen MR) is 65.9 cm³/mol. The largest absolute Gasteiger partial charge is 0.496 e. The van der Waals surface area contributed by atoms with E-state index in [0.717, 1.165) is 5.56 Å². The summed E-state index contributed by atoms with van der Waals surface area (Å²) in [4.78, 5) is 23.0. The predicted octanol–water partition coefficient (Wildman–Crippen LogP) is 2.80. The highest BCUT2D eigenvalue weighted by Crippen LogP contribution is 2.27. The van der Waals surface area contributed by atoms with E-state index in [9.17, 15) is 9.59 Å². The first kappa shape index (κ1) is 13.2. The Morgan fingerprint density at radius 3 is 2.56 bits per heavy atom. The molecule has 0 saturated carbocycles. The fourth-order valence-corrected chi connectivity index (χ4v) is 1.63. The van der Waals surface area contributed by atoms with Crippen LogP contribution in [0.1, 0.15) is 15.9 Å². The number of halogens is 2. The van der Waals surface area contributed by atoms with Gasteiger partial charge < -0.3 is 4.74 Å². The molecule has 1 aromatic rings. The number of hydrogen-bond donors (Lipinski definition) is 0. The molecule has 0 heterocycles. The van der Waals surface area contributed by atoms with E-state index < -0.39 is 11.6 Å². The van der Waals surface area contributed by atoms with Crippen LogP contribution in [0.3, 0.4) is 0 Å². The number of carbonyl (C=O) groups is 2. The molecule has 0 amide bonds. The molecule has 0 fully saturated rings. The number of alkyl halides is 1. The van der Waals surface area contributed by atoms with E-state index in [-0.39, 0.29) is 10.9 Å². The maximum atomic E-state index is 11.7. The molecule has 0 spiro atoms. The van der Waals surface area contributed by atoms with Crippen molar-refractivity contribution in [3.63, 3.8) is 0 Å². The minimum atomic E-state index is -0.601. The van der Waals surface area contributed by atoms with Gasteiger partial charge in [0.05, 0.1) is 18.0 Å². The first-order valence-corrected chi connectivity index (χ1v) is 5.98. The van der Waals surface area contributed by atoms with Gasteiger partial charge in [0.2, 0.25) is 11.6 Å². The van der Waals surface area contributed by atoms with Gasteiger partial charge in [-0.3, -0.25) is 9.59 Å². The Bertz CT molecular complexity index is 443. The van der Waals surface area contributed by atoms with Crippen LogP contribution in [0.25, 0.3) is 0 Å². The van der Waals surface area contributed by atoms with Gasteiger partial charge in [-0.1, -0.05) is 27.5 Å². The van der Waals surface area contributed by atoms with Crippen LogP contribution >= 0.6 is 27.5 Å². The van der Waals surface area contributed by atoms with E-state index in [0.29, 0.717) is 10.8 Å². The molecule has 0 N–H and O–H groups in total. The lowest BCUT2D eigenvalue weighted by atomic mass is 10.0. The molecule has 0 aromatic heterocycles. The first-order chi connectivity index (χ1) is 7.51. The van der Waals surface area contributed by atoms with Gasteiger partial charge in [0.1, 0.15) is 5.75 Å². The third-order valence-electron chi connectivity index (χ3n) is 2.10. The van der Waals surface area contributed by atoms with Gasteiger partial charge in [0.25, 0.3) is 0 Å². The maximum absolute atomic E-state index is 11.7. The van der Waals surface area contributed by atoms with Crippen LogP contribution in [0, 0.1) is 6.92 Å². The molecule has 0 atom stereocenters. The summed E-state index contributed by atoms with van der Waals surface area (Å²) in [6, 6.07) is 3.09. The summed E-state index contributed by atoms with van der Waals surface area (Å²) in [5.74, 6) is -0.768. The Hall–Kier alpha value is -0.870. The minimum absolute atomic E-state index is 0.0134. The van der Waals surface area contributed by atoms with E-state index in [2.05, 4.69) is 15.9 Å². The summed E-state index contributed by atoms with van der Waals surface area (Å²) >= 11 is 8.85. The van der Waals surface area contributed by atoms with Crippen molar-refractivity contribution in [3.05, 3.63) is 28.3 Å². The highest BCUT2D eigenvalue weighted by molar-refractivity contribution is 9.09. The second kappa shape index (κ2) is 5.46. The van der Waals surface area contributed by atoms with Gasteiger partial charge in [-0.25, -0.2) is 0 Å². The highest BCUT2D eigenvalue weighted by atomic mass is 79.9. The van der Waals surface area contributed by atoms with Crippen LogP contribution in [-0.2, 0) is 4.79 Å². The van der Waals surface area contributed by atoms with Crippen molar-refractivity contribution in [2.45, 2.75) is 6.92 Å². The molecule has 5 heteroatoms. The van der Waals surface area contributed by atoms with Crippen molar-refractivity contribution in [2.24, 2.45) is 0 Å². The number of Topliss-reactive ketones (excluding diaryl/α,β-unsaturated/α-hetero) is 2. The molecular formula is C11H10BrClO3. The second-order valence-electron chi connectivity index (χ2n) is 3.19. The van der Waals surface area contributed by atoms with E-state index in [1.165, 1.54) is 13.2 Å². The smallest absolute Gasteiger partial charge is 0.233 e. The van der Waals surface area contributed by atoms with Crippen molar-refractivity contribution in [1.29, 1.82) is 0 Å². The van der Waals surface area contributed by atoms with Crippen molar-refractivity contribution in [2.75, 3.05) is 12.4 Å². The zero-order valence-corrected chi connectivity index (χ0v) is 11.2. The summed E-state index contributed by atoms with van der Waals surface area (Å²) in [7, 11) is 1.44. The molecule has 0 radical (unpaired) electrons. The molecule has 86 valence electrons. The second-order valence-corrected chi connectivity index (χ2v) is 4.16. The maximum Gasteiger partial charge on any atom is 0.233 e. The van der Waals surface area contributed by atoms with Crippen molar-refractivity contribution in [3.8, 4) is 5.75 Å². The van der Waals surface area contributed by atoms with Crippen LogP contribution in [0.4, 0.5) is 0 Å². The highest BCUT2D eigenvalue weighted by Gasteiger charge is 2.20. The fourth-order valence-electron chi connectivity index (χ4n) is 1.21. The molecule has 0 bridgehead atoms. The molecule has 0 aliphatic heterocycles. The monoisotopic (exact) mass is 304 g/mol. The summed E-state index contributed by atoms with van der Waals surface area (Å²) in [5, 5.41) is 0.423. The van der Waals surface area contributed by atoms with Gasteiger partial charge in [-0.2, -0.15) is 0 Å². The Labute approximate surface area is 107 Å². The number of benzene rings is 1. The number of rotatable bonds is 4. The molecule has 0 unspecified atom stereocenters. The van der Waals surface area contributed by atoms with Crippen molar-refractivity contribution in [1.82, 2.24) is 0 Å². The van der Waals surface area contributed by atoms with Crippen LogP contribution in [0.15, 0.2) is 12.1 Å². The molecule has 16 heavy (non-hydrogen) atoms. The third kappa shape index (κ3) is 2.62. The van der Waals surface area contributed by atoms with Gasteiger partial charge in [-0.05, 0) is 24.6 Å². The lowest BCUT2D eigenvalue weighted by molar-refractivity contribution is -0.112. The molecule has 3 nitrogen and oxygen atoms in total. The van der Waals surface area contributed by atoms with Crippen LogP contribution in [0.2, 0.25) is 5.02 Å². The van der Waals surface area contributed by atoms with Gasteiger partial charge in [0, 0.05) is 5.02 Å². The summed E-state index contributed by atoms with van der Waals surface area (Å²) in [6.45, 7) is 1.80. The number of carbonyl (C=O) groups excluding carboxylic acids is 2. The zero-order valence-electron chi connectivity index (χ0n) is 8.84. The third-order valence-corrected chi connectivity index (χ3v) is 3.02. The lowest BCUT2D eigenvalue weighted by Crippen LogP contribution is -2.16. The molecule has 0 aliphatic carbocycles. The molecule has 1 rings (SSSR count). The normalized spacial score (nSPS) is 10.0. The summed E-state index contributed by atoms with van der Waals surface area (Å²) in [6.07, 6.45) is 0. The Morgan fingerprint density at radius 2 is 2.06 bits per heavy atom. The molecule has 0 aliphatic rings. The topological polar surface area (TPSA) is 43.4 Å². The molecule has 0 saturated heterocycles.